The molecule has 2 aromatic rings. The molecule has 0 saturated heterocycles. The van der Waals surface area contributed by atoms with Gasteiger partial charge in [0.15, 0.2) is 11.5 Å². The second-order valence-electron chi connectivity index (χ2n) is 4.14. The van der Waals surface area contributed by atoms with E-state index in [0.29, 0.717) is 23.1 Å². The molecule has 0 fully saturated rings. The summed E-state index contributed by atoms with van der Waals surface area (Å²) >= 11 is 7.81. The van der Waals surface area contributed by atoms with E-state index in [2.05, 4.69) is 11.9 Å². The van der Waals surface area contributed by atoms with E-state index in [1.807, 2.05) is 12.1 Å². The topological polar surface area (TPSA) is 57.4 Å². The Balaban J connectivity index is 2.52. The number of nitrogens with zero attached hydrogens (tertiary/aromatic N) is 1. The lowest BCUT2D eigenvalue weighted by atomic mass is 10.2. The fourth-order valence-electron chi connectivity index (χ4n) is 1.98. The SMILES string of the molecule is CCc1nc(-c2cc(Cl)c(OC)c(OC)c2)sc1CN. The number of benzene rings is 1. The van der Waals surface area contributed by atoms with Crippen molar-refractivity contribution in [1.82, 2.24) is 4.98 Å². The van der Waals surface area contributed by atoms with Gasteiger partial charge < -0.3 is 15.2 Å². The first-order valence-corrected chi connectivity index (χ1v) is 7.44. The quantitative estimate of drug-likeness (QED) is 0.918. The molecule has 108 valence electrons. The standard InChI is InChI=1S/C14H17ClN2O2S/c1-4-10-12(7-16)20-14(17-10)8-5-9(15)13(19-3)11(6-8)18-2/h5-6H,4,7,16H2,1-3H3. The first-order valence-electron chi connectivity index (χ1n) is 6.25. The summed E-state index contributed by atoms with van der Waals surface area (Å²) in [4.78, 5) is 5.73. The lowest BCUT2D eigenvalue weighted by molar-refractivity contribution is 0.355. The van der Waals surface area contributed by atoms with Gasteiger partial charge in [0.25, 0.3) is 0 Å². The van der Waals surface area contributed by atoms with Crippen molar-refractivity contribution in [3.63, 3.8) is 0 Å². The molecule has 0 atom stereocenters. The number of nitrogens with two attached hydrogens (primary N) is 1. The molecule has 6 heteroatoms. The normalized spacial score (nSPS) is 10.7. The van der Waals surface area contributed by atoms with Crippen molar-refractivity contribution in [2.75, 3.05) is 14.2 Å². The van der Waals surface area contributed by atoms with E-state index in [1.165, 1.54) is 0 Å². The summed E-state index contributed by atoms with van der Waals surface area (Å²) in [5, 5.41) is 1.40. The Kier molecular flexibility index (Phi) is 4.86. The van der Waals surface area contributed by atoms with Crippen molar-refractivity contribution < 1.29 is 9.47 Å². The van der Waals surface area contributed by atoms with Gasteiger partial charge in [-0.3, -0.25) is 0 Å². The van der Waals surface area contributed by atoms with E-state index in [-0.39, 0.29) is 0 Å². The molecule has 0 amide bonds. The van der Waals surface area contributed by atoms with Crippen molar-refractivity contribution >= 4 is 22.9 Å². The highest BCUT2D eigenvalue weighted by molar-refractivity contribution is 7.15. The molecule has 4 nitrogen and oxygen atoms in total. The van der Waals surface area contributed by atoms with Crippen LogP contribution in [-0.2, 0) is 13.0 Å². The van der Waals surface area contributed by atoms with Gasteiger partial charge in [0.1, 0.15) is 5.01 Å². The average molecular weight is 313 g/mol. The smallest absolute Gasteiger partial charge is 0.179 e. The zero-order chi connectivity index (χ0) is 14.7. The maximum absolute atomic E-state index is 6.22. The monoisotopic (exact) mass is 312 g/mol. The Morgan fingerprint density at radius 1 is 1.30 bits per heavy atom. The highest BCUT2D eigenvalue weighted by Gasteiger charge is 2.15. The number of ether oxygens (including phenoxy) is 2. The summed E-state index contributed by atoms with van der Waals surface area (Å²) in [5.41, 5.74) is 7.70. The molecule has 0 aliphatic carbocycles. The third-order valence-electron chi connectivity index (χ3n) is 2.98. The fourth-order valence-corrected chi connectivity index (χ4v) is 3.29. The van der Waals surface area contributed by atoms with Crippen molar-refractivity contribution in [3.05, 3.63) is 27.7 Å². The molecule has 0 saturated carbocycles. The fraction of sp³-hybridized carbons (Fsp3) is 0.357. The second kappa shape index (κ2) is 6.43. The number of methoxy groups -OCH3 is 2. The molecular formula is C14H17ClN2O2S. The lowest BCUT2D eigenvalue weighted by Crippen LogP contribution is -1.96. The maximum atomic E-state index is 6.22. The van der Waals surface area contributed by atoms with Gasteiger partial charge in [0, 0.05) is 17.0 Å². The van der Waals surface area contributed by atoms with Crippen molar-refractivity contribution in [2.45, 2.75) is 19.9 Å². The van der Waals surface area contributed by atoms with E-state index < -0.39 is 0 Å². The van der Waals surface area contributed by atoms with Crippen LogP contribution in [0, 0.1) is 0 Å². The minimum atomic E-state index is 0.502. The second-order valence-corrected chi connectivity index (χ2v) is 5.63. The van der Waals surface area contributed by atoms with Gasteiger partial charge in [-0.05, 0) is 18.6 Å². The van der Waals surface area contributed by atoms with E-state index in [0.717, 1.165) is 27.6 Å². The number of hydrogen-bond acceptors (Lipinski definition) is 5. The van der Waals surface area contributed by atoms with Gasteiger partial charge in [-0.15, -0.1) is 11.3 Å². The molecule has 2 N–H and O–H groups in total. The Hall–Kier alpha value is -1.30. The molecule has 0 spiro atoms. The molecule has 0 aliphatic heterocycles. The van der Waals surface area contributed by atoms with Crippen LogP contribution in [0.2, 0.25) is 5.02 Å². The van der Waals surface area contributed by atoms with Gasteiger partial charge in [-0.1, -0.05) is 18.5 Å². The molecule has 0 radical (unpaired) electrons. The summed E-state index contributed by atoms with van der Waals surface area (Å²) in [6, 6.07) is 3.71. The van der Waals surface area contributed by atoms with Gasteiger partial charge in [-0.2, -0.15) is 0 Å². The zero-order valence-corrected chi connectivity index (χ0v) is 13.3. The number of halogens is 1. The molecular weight excluding hydrogens is 296 g/mol. The van der Waals surface area contributed by atoms with Gasteiger partial charge in [0.05, 0.1) is 24.9 Å². The molecule has 20 heavy (non-hydrogen) atoms. The summed E-state index contributed by atoms with van der Waals surface area (Å²) in [6.45, 7) is 2.57. The van der Waals surface area contributed by atoms with Crippen LogP contribution < -0.4 is 15.2 Å². The Morgan fingerprint density at radius 2 is 2.05 bits per heavy atom. The van der Waals surface area contributed by atoms with Crippen LogP contribution in [0.1, 0.15) is 17.5 Å². The van der Waals surface area contributed by atoms with Crippen LogP contribution in [0.3, 0.4) is 0 Å². The van der Waals surface area contributed by atoms with Gasteiger partial charge in [0.2, 0.25) is 0 Å². The van der Waals surface area contributed by atoms with E-state index in [1.54, 1.807) is 25.6 Å². The molecule has 0 aliphatic rings. The summed E-state index contributed by atoms with van der Waals surface area (Å²) in [6.07, 6.45) is 0.865. The van der Waals surface area contributed by atoms with Crippen molar-refractivity contribution in [2.24, 2.45) is 5.73 Å². The Labute approximate surface area is 127 Å². The Bertz CT molecular complexity index is 592. The number of thiazole rings is 1. The first kappa shape index (κ1) is 15.1. The third-order valence-corrected chi connectivity index (χ3v) is 4.43. The van der Waals surface area contributed by atoms with Crippen LogP contribution in [0.15, 0.2) is 12.1 Å². The molecule has 0 bridgehead atoms. The maximum Gasteiger partial charge on any atom is 0.179 e. The number of aryl methyl sites for hydroxylation is 1. The molecule has 1 heterocycles. The predicted octanol–water partition coefficient (Wildman–Crippen LogP) is 3.50. The molecule has 1 aromatic carbocycles. The number of aromatic nitrogens is 1. The molecule has 2 rings (SSSR count). The lowest BCUT2D eigenvalue weighted by Gasteiger charge is -2.10. The van der Waals surface area contributed by atoms with E-state index in [9.17, 15) is 0 Å². The van der Waals surface area contributed by atoms with Crippen molar-refractivity contribution in [1.29, 1.82) is 0 Å². The van der Waals surface area contributed by atoms with Gasteiger partial charge >= 0.3 is 0 Å². The molecule has 1 aromatic heterocycles. The van der Waals surface area contributed by atoms with Crippen LogP contribution in [0.5, 0.6) is 11.5 Å². The first-order chi connectivity index (χ1) is 9.64. The van der Waals surface area contributed by atoms with Crippen LogP contribution >= 0.6 is 22.9 Å². The van der Waals surface area contributed by atoms with Crippen LogP contribution in [-0.4, -0.2) is 19.2 Å². The minimum absolute atomic E-state index is 0.502. The summed E-state index contributed by atoms with van der Waals surface area (Å²) < 4.78 is 10.5. The predicted molar refractivity (Wildman–Crippen MR) is 82.9 cm³/mol. The third kappa shape index (κ3) is 2.75. The summed E-state index contributed by atoms with van der Waals surface area (Å²) in [7, 11) is 3.15. The van der Waals surface area contributed by atoms with E-state index >= 15 is 0 Å². The summed E-state index contributed by atoms with van der Waals surface area (Å²) in [5.74, 6) is 1.13. The largest absolute Gasteiger partial charge is 0.493 e. The Morgan fingerprint density at radius 3 is 2.55 bits per heavy atom. The highest BCUT2D eigenvalue weighted by atomic mass is 35.5. The van der Waals surface area contributed by atoms with Crippen molar-refractivity contribution in [3.8, 4) is 22.1 Å². The highest BCUT2D eigenvalue weighted by Crippen LogP contribution is 2.40. The van der Waals surface area contributed by atoms with Gasteiger partial charge in [-0.25, -0.2) is 4.98 Å². The van der Waals surface area contributed by atoms with E-state index in [4.69, 9.17) is 26.8 Å². The number of hydrogen-bond donors (Lipinski definition) is 1. The average Bonchev–Trinajstić information content (AvgIpc) is 2.89. The molecule has 0 unspecified atom stereocenters. The zero-order valence-electron chi connectivity index (χ0n) is 11.7. The minimum Gasteiger partial charge on any atom is -0.493 e. The van der Waals surface area contributed by atoms with Crippen LogP contribution in [0.25, 0.3) is 10.6 Å². The van der Waals surface area contributed by atoms with Crippen LogP contribution in [0.4, 0.5) is 0 Å². The number of rotatable bonds is 5.